The van der Waals surface area contributed by atoms with Crippen LogP contribution in [-0.2, 0) is 10.9 Å². The Morgan fingerprint density at radius 1 is 1.13 bits per heavy atom. The fraction of sp³-hybridized carbons (Fsp3) is 0.143. The van der Waals surface area contributed by atoms with Crippen LogP contribution in [0.5, 0.6) is 0 Å². The van der Waals surface area contributed by atoms with E-state index in [4.69, 9.17) is 10.2 Å². The minimum absolute atomic E-state index is 0.258. The van der Waals surface area contributed by atoms with Gasteiger partial charge in [0.2, 0.25) is 10.9 Å². The van der Waals surface area contributed by atoms with E-state index < -0.39 is 10.9 Å². The zero-order chi connectivity index (χ0) is 21.3. The summed E-state index contributed by atoms with van der Waals surface area (Å²) in [4.78, 5) is 13.1. The minimum Gasteiger partial charge on any atom is -0.467 e. The largest absolute Gasteiger partial charge is 0.467 e. The van der Waals surface area contributed by atoms with Crippen molar-refractivity contribution in [2.45, 2.75) is 12.5 Å². The summed E-state index contributed by atoms with van der Waals surface area (Å²) in [6.07, 6.45) is 2.03. The third-order valence-corrected chi connectivity index (χ3v) is 5.69. The van der Waals surface area contributed by atoms with Gasteiger partial charge >= 0.3 is 0 Å². The Morgan fingerprint density at radius 2 is 1.83 bits per heavy atom. The lowest BCUT2D eigenvalue weighted by Gasteiger charge is -2.19. The standard InChI is InChI=1S/C21H20N4O4S/c1-24(30(27)28)17-10-6-14(7-11-17)18-13-19(20-3-2-12-29-20)25(23-18)21(26)15-4-8-16(22)9-5-15/h2-12,19,30H,13,22H2,1H3. The van der Waals surface area contributed by atoms with Crippen molar-refractivity contribution in [2.24, 2.45) is 5.10 Å². The van der Waals surface area contributed by atoms with E-state index in [-0.39, 0.29) is 11.9 Å². The van der Waals surface area contributed by atoms with Crippen molar-refractivity contribution in [2.75, 3.05) is 17.1 Å². The van der Waals surface area contributed by atoms with Crippen molar-refractivity contribution < 1.29 is 17.6 Å². The third kappa shape index (κ3) is 3.79. The second kappa shape index (κ2) is 8.03. The summed E-state index contributed by atoms with van der Waals surface area (Å²) in [7, 11) is -1.23. The van der Waals surface area contributed by atoms with Gasteiger partial charge in [-0.15, -0.1) is 0 Å². The molecule has 9 heteroatoms. The van der Waals surface area contributed by atoms with Crippen LogP contribution in [0.1, 0.15) is 34.1 Å². The molecular formula is C21H20N4O4S. The highest BCUT2D eigenvalue weighted by Crippen LogP contribution is 2.34. The van der Waals surface area contributed by atoms with Gasteiger partial charge in [0.15, 0.2) is 0 Å². The highest BCUT2D eigenvalue weighted by atomic mass is 32.2. The van der Waals surface area contributed by atoms with E-state index in [2.05, 4.69) is 5.10 Å². The molecule has 1 unspecified atom stereocenters. The van der Waals surface area contributed by atoms with Gasteiger partial charge in [0.25, 0.3) is 5.91 Å². The summed E-state index contributed by atoms with van der Waals surface area (Å²) in [6, 6.07) is 16.9. The molecule has 0 spiro atoms. The topological polar surface area (TPSA) is 109 Å². The molecule has 2 heterocycles. The van der Waals surface area contributed by atoms with Crippen molar-refractivity contribution in [3.63, 3.8) is 0 Å². The molecule has 30 heavy (non-hydrogen) atoms. The lowest BCUT2D eigenvalue weighted by Crippen LogP contribution is -2.26. The van der Waals surface area contributed by atoms with Crippen LogP contribution >= 0.6 is 0 Å². The Hall–Kier alpha value is -3.59. The molecule has 0 saturated carbocycles. The smallest absolute Gasteiger partial charge is 0.274 e. The summed E-state index contributed by atoms with van der Waals surface area (Å²) >= 11 is 0. The SMILES string of the molecule is CN(c1ccc(C2=NN(C(=O)c3ccc(N)cc3)C(c3ccco3)C2)cc1)[SH](=O)=O. The van der Waals surface area contributed by atoms with Gasteiger partial charge in [0.05, 0.1) is 17.7 Å². The maximum atomic E-state index is 13.1. The van der Waals surface area contributed by atoms with Crippen LogP contribution in [0.4, 0.5) is 11.4 Å². The Morgan fingerprint density at radius 3 is 2.43 bits per heavy atom. The third-order valence-electron chi connectivity index (χ3n) is 4.97. The molecule has 2 aromatic carbocycles. The fourth-order valence-corrected chi connectivity index (χ4v) is 3.62. The maximum Gasteiger partial charge on any atom is 0.274 e. The summed E-state index contributed by atoms with van der Waals surface area (Å²) in [6.45, 7) is 0. The molecule has 0 radical (unpaired) electrons. The summed E-state index contributed by atoms with van der Waals surface area (Å²) < 4.78 is 29.0. The first-order valence-corrected chi connectivity index (χ1v) is 10.4. The predicted molar refractivity (Wildman–Crippen MR) is 115 cm³/mol. The van der Waals surface area contributed by atoms with Gasteiger partial charge in [-0.05, 0) is 54.1 Å². The number of furan rings is 1. The van der Waals surface area contributed by atoms with E-state index in [1.165, 1.54) is 12.1 Å². The monoisotopic (exact) mass is 424 g/mol. The molecule has 1 aliphatic heterocycles. The summed E-state index contributed by atoms with van der Waals surface area (Å²) in [5.74, 6) is 0.378. The van der Waals surface area contributed by atoms with E-state index in [0.717, 1.165) is 9.87 Å². The van der Waals surface area contributed by atoms with Crippen LogP contribution in [0, 0.1) is 0 Å². The Labute approximate surface area is 175 Å². The summed E-state index contributed by atoms with van der Waals surface area (Å²) in [5, 5.41) is 6.01. The van der Waals surface area contributed by atoms with Gasteiger partial charge in [-0.3, -0.25) is 9.10 Å². The maximum absolute atomic E-state index is 13.1. The van der Waals surface area contributed by atoms with Crippen molar-refractivity contribution in [3.05, 3.63) is 83.8 Å². The van der Waals surface area contributed by atoms with Crippen molar-refractivity contribution in [1.82, 2.24) is 5.01 Å². The molecule has 0 bridgehead atoms. The average Bonchev–Trinajstić information content (AvgIpc) is 3.43. The fourth-order valence-electron chi connectivity index (χ4n) is 3.30. The average molecular weight is 424 g/mol. The molecule has 1 atom stereocenters. The van der Waals surface area contributed by atoms with Gasteiger partial charge in [-0.25, -0.2) is 13.4 Å². The quantitative estimate of drug-likeness (QED) is 0.484. The first kappa shape index (κ1) is 19.7. The molecule has 0 fully saturated rings. The number of nitrogens with two attached hydrogens (primary N) is 1. The number of thiol groups is 1. The number of anilines is 2. The number of hydrogen-bond donors (Lipinski definition) is 2. The molecule has 1 aliphatic rings. The normalized spacial score (nSPS) is 16.0. The minimum atomic E-state index is -2.70. The Bertz CT molecular complexity index is 1140. The van der Waals surface area contributed by atoms with Crippen LogP contribution in [0.3, 0.4) is 0 Å². The zero-order valence-corrected chi connectivity index (χ0v) is 17.0. The van der Waals surface area contributed by atoms with Crippen molar-refractivity contribution in [1.29, 1.82) is 0 Å². The molecule has 1 aromatic heterocycles. The lowest BCUT2D eigenvalue weighted by atomic mass is 10.0. The number of nitrogens with zero attached hydrogens (tertiary/aromatic N) is 3. The van der Waals surface area contributed by atoms with Gasteiger partial charge in [0, 0.05) is 24.7 Å². The number of amides is 1. The molecule has 0 saturated heterocycles. The Kier molecular flexibility index (Phi) is 5.28. The molecule has 3 aromatic rings. The van der Waals surface area contributed by atoms with Crippen LogP contribution in [-0.4, -0.2) is 32.1 Å². The Balaban J connectivity index is 1.66. The molecule has 1 amide bonds. The van der Waals surface area contributed by atoms with E-state index in [1.807, 2.05) is 6.07 Å². The first-order chi connectivity index (χ1) is 14.4. The number of rotatable bonds is 5. The van der Waals surface area contributed by atoms with Crippen LogP contribution in [0.15, 0.2) is 76.4 Å². The van der Waals surface area contributed by atoms with Crippen molar-refractivity contribution in [3.8, 4) is 0 Å². The highest BCUT2D eigenvalue weighted by Gasteiger charge is 2.35. The van der Waals surface area contributed by atoms with E-state index in [1.54, 1.807) is 60.9 Å². The van der Waals surface area contributed by atoms with Crippen LogP contribution < -0.4 is 10.0 Å². The number of nitrogen functional groups attached to an aromatic ring is 1. The van der Waals surface area contributed by atoms with Gasteiger partial charge in [-0.1, -0.05) is 12.1 Å². The number of carbonyl (C=O) groups is 1. The van der Waals surface area contributed by atoms with E-state index in [9.17, 15) is 13.2 Å². The number of hydrogen-bond acceptors (Lipinski definition) is 6. The molecular weight excluding hydrogens is 404 g/mol. The zero-order valence-electron chi connectivity index (χ0n) is 16.1. The molecule has 8 nitrogen and oxygen atoms in total. The number of carbonyl (C=O) groups excluding carboxylic acids is 1. The molecule has 2 N–H and O–H groups in total. The molecule has 0 aliphatic carbocycles. The van der Waals surface area contributed by atoms with Gasteiger partial charge in [0.1, 0.15) is 11.8 Å². The van der Waals surface area contributed by atoms with E-state index >= 15 is 0 Å². The van der Waals surface area contributed by atoms with Crippen LogP contribution in [0.25, 0.3) is 0 Å². The molecule has 154 valence electrons. The predicted octanol–water partition coefficient (Wildman–Crippen LogP) is 2.82. The second-order valence-corrected chi connectivity index (χ2v) is 7.94. The molecule has 4 rings (SSSR count). The second-order valence-electron chi connectivity index (χ2n) is 6.86. The van der Waals surface area contributed by atoms with Gasteiger partial charge in [-0.2, -0.15) is 5.10 Å². The summed E-state index contributed by atoms with van der Waals surface area (Å²) in [5.41, 5.74) is 8.83. The lowest BCUT2D eigenvalue weighted by molar-refractivity contribution is 0.0693. The van der Waals surface area contributed by atoms with E-state index in [0.29, 0.717) is 34.8 Å². The number of benzene rings is 2. The van der Waals surface area contributed by atoms with Crippen LogP contribution in [0.2, 0.25) is 0 Å². The van der Waals surface area contributed by atoms with Crippen molar-refractivity contribution >= 4 is 33.9 Å². The van der Waals surface area contributed by atoms with Gasteiger partial charge < -0.3 is 10.2 Å². The number of hydrazone groups is 1. The first-order valence-electron chi connectivity index (χ1n) is 9.22. The highest BCUT2D eigenvalue weighted by molar-refractivity contribution is 7.74.